The standard InChI is InChI=1S/C17H24N4O3S/c1-3-21-17(22)16-11-15(12-20(16)13(2)19-21)25(23,24)18-10-9-14-7-5-4-6-8-14/h7,11-12,18H,3-6,8-10H2,1-2H3. The van der Waals surface area contributed by atoms with Crippen LogP contribution in [0.3, 0.4) is 0 Å². The molecule has 0 radical (unpaired) electrons. The molecule has 3 rings (SSSR count). The van der Waals surface area contributed by atoms with Gasteiger partial charge >= 0.3 is 0 Å². The van der Waals surface area contributed by atoms with Crippen LogP contribution in [0.1, 0.15) is 44.9 Å². The predicted molar refractivity (Wildman–Crippen MR) is 96.2 cm³/mol. The van der Waals surface area contributed by atoms with E-state index in [0.29, 0.717) is 24.4 Å². The van der Waals surface area contributed by atoms with Gasteiger partial charge in [-0.15, -0.1) is 0 Å². The fraction of sp³-hybridized carbons (Fsp3) is 0.529. The number of allylic oxidation sites excluding steroid dienone is 1. The summed E-state index contributed by atoms with van der Waals surface area (Å²) in [5, 5.41) is 4.18. The van der Waals surface area contributed by atoms with Crippen molar-refractivity contribution in [3.63, 3.8) is 0 Å². The molecule has 0 spiro atoms. The molecule has 0 aromatic carbocycles. The molecule has 0 unspecified atom stereocenters. The second-order valence-corrected chi connectivity index (χ2v) is 8.12. The van der Waals surface area contributed by atoms with E-state index in [1.54, 1.807) is 6.92 Å². The minimum Gasteiger partial charge on any atom is -0.298 e. The van der Waals surface area contributed by atoms with Crippen molar-refractivity contribution in [2.75, 3.05) is 6.54 Å². The van der Waals surface area contributed by atoms with E-state index in [2.05, 4.69) is 15.9 Å². The van der Waals surface area contributed by atoms with Crippen molar-refractivity contribution < 1.29 is 8.42 Å². The van der Waals surface area contributed by atoms with Crippen LogP contribution in [0.15, 0.2) is 33.6 Å². The fourth-order valence-corrected chi connectivity index (χ4v) is 4.24. The van der Waals surface area contributed by atoms with Gasteiger partial charge in [-0.25, -0.2) is 17.8 Å². The molecule has 0 fully saturated rings. The van der Waals surface area contributed by atoms with Crippen molar-refractivity contribution >= 4 is 15.5 Å². The van der Waals surface area contributed by atoms with E-state index in [-0.39, 0.29) is 10.5 Å². The van der Waals surface area contributed by atoms with Gasteiger partial charge in [0.1, 0.15) is 16.2 Å². The molecule has 0 saturated heterocycles. The summed E-state index contributed by atoms with van der Waals surface area (Å²) < 4.78 is 30.6. The van der Waals surface area contributed by atoms with Gasteiger partial charge in [0, 0.05) is 19.3 Å². The summed E-state index contributed by atoms with van der Waals surface area (Å²) in [7, 11) is -3.65. The Morgan fingerprint density at radius 3 is 2.80 bits per heavy atom. The highest BCUT2D eigenvalue weighted by Gasteiger charge is 2.19. The number of aromatic nitrogens is 3. The maximum Gasteiger partial charge on any atom is 0.291 e. The van der Waals surface area contributed by atoms with Crippen LogP contribution in [0.2, 0.25) is 0 Å². The maximum absolute atomic E-state index is 12.5. The van der Waals surface area contributed by atoms with Gasteiger partial charge in [0.25, 0.3) is 5.56 Å². The molecule has 0 amide bonds. The monoisotopic (exact) mass is 364 g/mol. The summed E-state index contributed by atoms with van der Waals surface area (Å²) in [5.74, 6) is 0.574. The van der Waals surface area contributed by atoms with Crippen molar-refractivity contribution in [1.82, 2.24) is 18.9 Å². The average molecular weight is 364 g/mol. The second-order valence-electron chi connectivity index (χ2n) is 6.36. The lowest BCUT2D eigenvalue weighted by Crippen LogP contribution is -2.25. The van der Waals surface area contributed by atoms with E-state index >= 15 is 0 Å². The number of sulfonamides is 1. The number of nitrogens with zero attached hydrogens (tertiary/aromatic N) is 3. The number of hydrogen-bond acceptors (Lipinski definition) is 4. The van der Waals surface area contributed by atoms with Gasteiger partial charge in [-0.3, -0.25) is 9.20 Å². The number of rotatable bonds is 6. The molecule has 2 heterocycles. The molecule has 0 saturated carbocycles. The topological polar surface area (TPSA) is 85.5 Å². The highest BCUT2D eigenvalue weighted by atomic mass is 32.2. The van der Waals surface area contributed by atoms with Crippen LogP contribution in [0, 0.1) is 6.92 Å². The Balaban J connectivity index is 1.82. The van der Waals surface area contributed by atoms with Gasteiger partial charge in [-0.1, -0.05) is 11.6 Å². The lowest BCUT2D eigenvalue weighted by molar-refractivity contribution is 0.579. The van der Waals surface area contributed by atoms with Crippen molar-refractivity contribution in [1.29, 1.82) is 0 Å². The molecular formula is C17H24N4O3S. The Morgan fingerprint density at radius 1 is 1.32 bits per heavy atom. The van der Waals surface area contributed by atoms with Crippen molar-refractivity contribution in [3.05, 3.63) is 40.1 Å². The van der Waals surface area contributed by atoms with E-state index in [1.807, 2.05) is 6.92 Å². The first-order chi connectivity index (χ1) is 11.9. The quantitative estimate of drug-likeness (QED) is 0.795. The molecule has 0 atom stereocenters. The Morgan fingerprint density at radius 2 is 2.12 bits per heavy atom. The minimum absolute atomic E-state index is 0.0981. The SMILES string of the molecule is CCn1nc(C)n2cc(S(=O)(=O)NCCC3=CCCCC3)cc2c1=O. The zero-order chi connectivity index (χ0) is 18.0. The number of hydrogen-bond donors (Lipinski definition) is 1. The zero-order valence-corrected chi connectivity index (χ0v) is 15.5. The Hall–Kier alpha value is -1.93. The van der Waals surface area contributed by atoms with E-state index in [4.69, 9.17) is 0 Å². The predicted octanol–water partition coefficient (Wildman–Crippen LogP) is 1.99. The lowest BCUT2D eigenvalue weighted by atomic mass is 9.97. The minimum atomic E-state index is -3.65. The van der Waals surface area contributed by atoms with Crippen molar-refractivity contribution in [2.24, 2.45) is 0 Å². The molecule has 1 aliphatic rings. The van der Waals surface area contributed by atoms with E-state index < -0.39 is 10.0 Å². The summed E-state index contributed by atoms with van der Waals surface area (Å²) in [6.45, 7) is 4.39. The number of fused-ring (bicyclic) bond motifs is 1. The first-order valence-corrected chi connectivity index (χ1v) is 10.2. The van der Waals surface area contributed by atoms with Crippen LogP contribution in [-0.4, -0.2) is 29.1 Å². The summed E-state index contributed by atoms with van der Waals surface area (Å²) in [5.41, 5.74) is 1.36. The molecular weight excluding hydrogens is 340 g/mol. The van der Waals surface area contributed by atoms with Crippen LogP contribution >= 0.6 is 0 Å². The molecule has 1 N–H and O–H groups in total. The number of aryl methyl sites for hydroxylation is 2. The Bertz CT molecular complexity index is 970. The normalized spacial score (nSPS) is 15.5. The van der Waals surface area contributed by atoms with Crippen LogP contribution < -0.4 is 10.3 Å². The first kappa shape index (κ1) is 17.9. The van der Waals surface area contributed by atoms with E-state index in [1.165, 1.54) is 39.8 Å². The van der Waals surface area contributed by atoms with E-state index in [0.717, 1.165) is 19.3 Å². The molecule has 0 aliphatic heterocycles. The molecule has 136 valence electrons. The molecule has 2 aromatic rings. The van der Waals surface area contributed by atoms with Crippen LogP contribution in [0.25, 0.3) is 5.52 Å². The van der Waals surface area contributed by atoms with Gasteiger partial charge in [0.15, 0.2) is 0 Å². The fourth-order valence-electron chi connectivity index (χ4n) is 3.19. The van der Waals surface area contributed by atoms with Crippen LogP contribution in [0.5, 0.6) is 0 Å². The maximum atomic E-state index is 12.5. The third kappa shape index (κ3) is 3.69. The molecule has 8 heteroatoms. The van der Waals surface area contributed by atoms with Crippen molar-refractivity contribution in [3.8, 4) is 0 Å². The summed E-state index contributed by atoms with van der Waals surface area (Å²) in [6.07, 6.45) is 8.95. The van der Waals surface area contributed by atoms with Gasteiger partial charge in [0.05, 0.1) is 0 Å². The largest absolute Gasteiger partial charge is 0.298 e. The first-order valence-electron chi connectivity index (χ1n) is 8.70. The van der Waals surface area contributed by atoms with Gasteiger partial charge in [-0.2, -0.15) is 5.10 Å². The third-order valence-electron chi connectivity index (χ3n) is 4.60. The van der Waals surface area contributed by atoms with Gasteiger partial charge in [-0.05, 0) is 52.0 Å². The molecule has 25 heavy (non-hydrogen) atoms. The molecule has 7 nitrogen and oxygen atoms in total. The van der Waals surface area contributed by atoms with E-state index in [9.17, 15) is 13.2 Å². The smallest absolute Gasteiger partial charge is 0.291 e. The van der Waals surface area contributed by atoms with Crippen LogP contribution in [0.4, 0.5) is 0 Å². The van der Waals surface area contributed by atoms with Crippen molar-refractivity contribution in [2.45, 2.75) is 57.4 Å². The zero-order valence-electron chi connectivity index (χ0n) is 14.7. The summed E-state index contributed by atoms with van der Waals surface area (Å²) >= 11 is 0. The Kier molecular flexibility index (Phi) is 5.10. The lowest BCUT2D eigenvalue weighted by Gasteiger charge is -2.12. The van der Waals surface area contributed by atoms with Gasteiger partial charge in [0.2, 0.25) is 10.0 Å². The number of nitrogens with one attached hydrogen (secondary N) is 1. The third-order valence-corrected chi connectivity index (χ3v) is 6.02. The highest BCUT2D eigenvalue weighted by molar-refractivity contribution is 7.89. The summed E-state index contributed by atoms with van der Waals surface area (Å²) in [4.78, 5) is 12.4. The Labute approximate surface area is 147 Å². The van der Waals surface area contributed by atoms with Crippen LogP contribution in [-0.2, 0) is 16.6 Å². The highest BCUT2D eigenvalue weighted by Crippen LogP contribution is 2.20. The summed E-state index contributed by atoms with van der Waals surface area (Å²) in [6, 6.07) is 1.42. The molecule has 0 bridgehead atoms. The van der Waals surface area contributed by atoms with Gasteiger partial charge < -0.3 is 0 Å². The molecule has 1 aliphatic carbocycles. The molecule has 2 aromatic heterocycles. The second kappa shape index (κ2) is 7.13. The average Bonchev–Trinajstić information content (AvgIpc) is 3.06.